The zero-order chi connectivity index (χ0) is 14.3. The van der Waals surface area contributed by atoms with Crippen molar-refractivity contribution in [2.75, 3.05) is 0 Å². The molecular weight excluding hydrogens is 260 g/mol. The fraction of sp³-hybridized carbons (Fsp3) is 0.0909. The third-order valence-corrected chi connectivity index (χ3v) is 1.79. The third kappa shape index (κ3) is 3.80. The van der Waals surface area contributed by atoms with E-state index in [9.17, 15) is 19.2 Å². The lowest BCUT2D eigenvalue weighted by molar-refractivity contribution is -0.132. The maximum Gasteiger partial charge on any atom is 0.308 e. The fourth-order valence-electron chi connectivity index (χ4n) is 1.19. The highest BCUT2D eigenvalue weighted by atomic mass is 16.6. The number of esters is 1. The van der Waals surface area contributed by atoms with Gasteiger partial charge < -0.3 is 18.9 Å². The minimum Gasteiger partial charge on any atom is -0.425 e. The molecule has 1 aromatic rings. The quantitative estimate of drug-likeness (QED) is 0.392. The van der Waals surface area contributed by atoms with Crippen LogP contribution in [-0.4, -0.2) is 25.4 Å². The number of benzene rings is 1. The molecule has 0 saturated heterocycles. The predicted octanol–water partition coefficient (Wildman–Crippen LogP) is 0.218. The number of hydrogen-bond acceptors (Lipinski definition) is 8. The van der Waals surface area contributed by atoms with E-state index in [1.165, 1.54) is 0 Å². The van der Waals surface area contributed by atoms with Crippen LogP contribution >= 0.6 is 0 Å². The van der Waals surface area contributed by atoms with Gasteiger partial charge in [-0.2, -0.15) is 0 Å². The molecule has 0 aliphatic rings. The van der Waals surface area contributed by atoms with E-state index in [2.05, 4.69) is 14.2 Å². The Bertz CT molecular complexity index is 508. The number of ether oxygens (including phenoxy) is 4. The first-order chi connectivity index (χ1) is 9.12. The Balaban J connectivity index is 3.29. The second-order valence-electron chi connectivity index (χ2n) is 2.98. The van der Waals surface area contributed by atoms with E-state index in [4.69, 9.17) is 4.74 Å². The lowest BCUT2D eigenvalue weighted by Crippen LogP contribution is -2.05. The summed E-state index contributed by atoms with van der Waals surface area (Å²) in [6.45, 7) is 1.39. The van der Waals surface area contributed by atoms with Gasteiger partial charge in [-0.05, 0) is 0 Å². The van der Waals surface area contributed by atoms with Gasteiger partial charge in [0.15, 0.2) is 23.0 Å². The second-order valence-corrected chi connectivity index (χ2v) is 2.98. The van der Waals surface area contributed by atoms with Crippen molar-refractivity contribution in [2.24, 2.45) is 0 Å². The first kappa shape index (κ1) is 14.2. The van der Waals surface area contributed by atoms with Crippen LogP contribution in [0.1, 0.15) is 6.92 Å². The molecule has 0 N–H and O–H groups in total. The van der Waals surface area contributed by atoms with Crippen LogP contribution < -0.4 is 18.9 Å². The number of rotatable bonds is 7. The molecular formula is C11H8O8. The number of carbonyl (C=O) groups excluding carboxylic acids is 4. The first-order valence-corrected chi connectivity index (χ1v) is 4.79. The van der Waals surface area contributed by atoms with Gasteiger partial charge in [0.05, 0.1) is 0 Å². The molecule has 0 aliphatic heterocycles. The van der Waals surface area contributed by atoms with Gasteiger partial charge in [-0.1, -0.05) is 0 Å². The molecule has 0 spiro atoms. The molecule has 0 saturated carbocycles. The molecule has 0 amide bonds. The summed E-state index contributed by atoms with van der Waals surface area (Å²) >= 11 is 0. The third-order valence-electron chi connectivity index (χ3n) is 1.79. The van der Waals surface area contributed by atoms with Crippen molar-refractivity contribution >= 4 is 25.4 Å². The van der Waals surface area contributed by atoms with Crippen LogP contribution in [0.5, 0.6) is 23.0 Å². The van der Waals surface area contributed by atoms with Gasteiger partial charge in [0, 0.05) is 19.1 Å². The smallest absolute Gasteiger partial charge is 0.308 e. The highest BCUT2D eigenvalue weighted by Crippen LogP contribution is 2.39. The standard InChI is InChI=1S/C11H8O8/c1-7(15)19-11-3-9(17-5-13)8(16-4-12)2-10(11)18-6-14/h2-6H,1H3. The largest absolute Gasteiger partial charge is 0.425 e. The van der Waals surface area contributed by atoms with E-state index < -0.39 is 5.97 Å². The number of hydrogen-bond donors (Lipinski definition) is 0. The van der Waals surface area contributed by atoms with Crippen LogP contribution in [0, 0.1) is 0 Å². The highest BCUT2D eigenvalue weighted by molar-refractivity contribution is 5.72. The van der Waals surface area contributed by atoms with Crippen molar-refractivity contribution in [3.05, 3.63) is 12.1 Å². The summed E-state index contributed by atoms with van der Waals surface area (Å²) < 4.78 is 18.4. The van der Waals surface area contributed by atoms with Crippen LogP contribution in [0.15, 0.2) is 12.1 Å². The van der Waals surface area contributed by atoms with Gasteiger partial charge in [0.1, 0.15) is 0 Å². The molecule has 0 fully saturated rings. The Morgan fingerprint density at radius 3 is 1.58 bits per heavy atom. The Morgan fingerprint density at radius 2 is 1.21 bits per heavy atom. The topological polar surface area (TPSA) is 105 Å². The minimum atomic E-state index is -0.683. The molecule has 0 atom stereocenters. The molecule has 0 aliphatic carbocycles. The summed E-state index contributed by atoms with van der Waals surface area (Å²) in [6, 6.07) is 2.12. The first-order valence-electron chi connectivity index (χ1n) is 4.79. The summed E-state index contributed by atoms with van der Waals surface area (Å²) in [4.78, 5) is 41.8. The van der Waals surface area contributed by atoms with Crippen molar-refractivity contribution in [1.82, 2.24) is 0 Å². The lowest BCUT2D eigenvalue weighted by atomic mass is 10.2. The monoisotopic (exact) mass is 268 g/mol. The second kappa shape index (κ2) is 6.74. The van der Waals surface area contributed by atoms with Crippen LogP contribution in [0.4, 0.5) is 0 Å². The van der Waals surface area contributed by atoms with E-state index in [1.54, 1.807) is 0 Å². The molecule has 8 heteroatoms. The molecule has 0 aromatic heterocycles. The van der Waals surface area contributed by atoms with Gasteiger partial charge >= 0.3 is 5.97 Å². The minimum absolute atomic E-state index is 0.0865. The Hall–Kier alpha value is -2.90. The van der Waals surface area contributed by atoms with E-state index in [0.717, 1.165) is 19.1 Å². The average molecular weight is 268 g/mol. The molecule has 19 heavy (non-hydrogen) atoms. The molecule has 0 heterocycles. The Kier molecular flexibility index (Phi) is 5.03. The average Bonchev–Trinajstić information content (AvgIpc) is 2.34. The van der Waals surface area contributed by atoms with Gasteiger partial charge in [0.2, 0.25) is 0 Å². The van der Waals surface area contributed by atoms with Crippen molar-refractivity contribution in [3.63, 3.8) is 0 Å². The van der Waals surface area contributed by atoms with Crippen molar-refractivity contribution in [1.29, 1.82) is 0 Å². The van der Waals surface area contributed by atoms with Gasteiger partial charge in [-0.3, -0.25) is 19.2 Å². The Labute approximate surface area is 106 Å². The van der Waals surface area contributed by atoms with Crippen LogP contribution in [-0.2, 0) is 19.2 Å². The summed E-state index contributed by atoms with van der Waals surface area (Å²) in [5.41, 5.74) is 0. The van der Waals surface area contributed by atoms with Crippen LogP contribution in [0.25, 0.3) is 0 Å². The normalized spacial score (nSPS) is 9.11. The summed E-state index contributed by atoms with van der Waals surface area (Å²) in [5.74, 6) is -1.40. The van der Waals surface area contributed by atoms with Gasteiger partial charge in [-0.25, -0.2) is 0 Å². The maximum atomic E-state index is 10.9. The molecule has 100 valence electrons. The SMILES string of the molecule is CC(=O)Oc1cc(OC=O)c(OC=O)cc1OC=O. The van der Waals surface area contributed by atoms with Gasteiger partial charge in [0.25, 0.3) is 19.4 Å². The van der Waals surface area contributed by atoms with Crippen molar-refractivity contribution < 1.29 is 38.1 Å². The fourth-order valence-corrected chi connectivity index (χ4v) is 1.19. The zero-order valence-electron chi connectivity index (χ0n) is 9.65. The van der Waals surface area contributed by atoms with E-state index in [-0.39, 0.29) is 42.4 Å². The van der Waals surface area contributed by atoms with Crippen LogP contribution in [0.3, 0.4) is 0 Å². The summed E-state index contributed by atoms with van der Waals surface area (Å²) in [6.07, 6.45) is 0. The van der Waals surface area contributed by atoms with E-state index in [1.807, 2.05) is 0 Å². The van der Waals surface area contributed by atoms with E-state index in [0.29, 0.717) is 0 Å². The summed E-state index contributed by atoms with van der Waals surface area (Å²) in [5, 5.41) is 0. The van der Waals surface area contributed by atoms with Crippen LogP contribution in [0.2, 0.25) is 0 Å². The molecule has 0 radical (unpaired) electrons. The molecule has 1 rings (SSSR count). The maximum absolute atomic E-state index is 10.9. The Morgan fingerprint density at radius 1 is 0.842 bits per heavy atom. The molecule has 8 nitrogen and oxygen atoms in total. The number of carbonyl (C=O) groups is 4. The molecule has 0 bridgehead atoms. The lowest BCUT2D eigenvalue weighted by Gasteiger charge is -2.11. The molecule has 0 unspecified atom stereocenters. The van der Waals surface area contributed by atoms with Crippen molar-refractivity contribution in [3.8, 4) is 23.0 Å². The predicted molar refractivity (Wildman–Crippen MR) is 57.8 cm³/mol. The summed E-state index contributed by atoms with van der Waals surface area (Å²) in [7, 11) is 0. The zero-order valence-corrected chi connectivity index (χ0v) is 9.65. The van der Waals surface area contributed by atoms with Crippen molar-refractivity contribution in [2.45, 2.75) is 6.92 Å². The highest BCUT2D eigenvalue weighted by Gasteiger charge is 2.16. The molecule has 1 aromatic carbocycles. The van der Waals surface area contributed by atoms with Gasteiger partial charge in [-0.15, -0.1) is 0 Å². The van der Waals surface area contributed by atoms with E-state index >= 15 is 0 Å².